The van der Waals surface area contributed by atoms with Crippen LogP contribution in [0.4, 0.5) is 4.39 Å². The molecule has 0 saturated carbocycles. The van der Waals surface area contributed by atoms with E-state index in [-0.39, 0.29) is 5.02 Å². The van der Waals surface area contributed by atoms with Crippen molar-refractivity contribution in [2.45, 2.75) is 6.42 Å². The Morgan fingerprint density at radius 3 is 2.79 bits per heavy atom. The number of nitrogens with zero attached hydrogens (tertiary/aromatic N) is 2. The number of aliphatic imine (C=N–C) groups is 1. The summed E-state index contributed by atoms with van der Waals surface area (Å²) in [5, 5.41) is 0.137. The summed E-state index contributed by atoms with van der Waals surface area (Å²) in [6.07, 6.45) is 4.41. The zero-order valence-electron chi connectivity index (χ0n) is 13.2. The maximum absolute atomic E-state index is 13.3. The second kappa shape index (κ2) is 7.97. The van der Waals surface area contributed by atoms with E-state index < -0.39 is 5.82 Å². The van der Waals surface area contributed by atoms with E-state index in [1.165, 1.54) is 6.07 Å². The highest BCUT2D eigenvalue weighted by atomic mass is 35.5. The van der Waals surface area contributed by atoms with E-state index in [4.69, 9.17) is 16.3 Å². The fraction of sp³-hybridized carbons (Fsp3) is 0.211. The van der Waals surface area contributed by atoms with Crippen LogP contribution in [0.1, 0.15) is 5.56 Å². The standard InChI is InChI=1S/C19H18ClFN2O/c20-17-13-15(7-8-18(17)21)14-19-22-9-4-10-23(19)11-12-24-16-5-2-1-3-6-16/h1-9,13H,10-12,14H2. The highest BCUT2D eigenvalue weighted by molar-refractivity contribution is 6.30. The lowest BCUT2D eigenvalue weighted by molar-refractivity contribution is 0.274. The highest BCUT2D eigenvalue weighted by Gasteiger charge is 2.14. The lowest BCUT2D eigenvalue weighted by atomic mass is 10.1. The molecule has 124 valence electrons. The van der Waals surface area contributed by atoms with Gasteiger partial charge in [-0.2, -0.15) is 0 Å². The molecule has 0 amide bonds. The third-order valence-electron chi connectivity index (χ3n) is 3.74. The first kappa shape index (κ1) is 16.5. The summed E-state index contributed by atoms with van der Waals surface area (Å²) in [6, 6.07) is 14.5. The fourth-order valence-corrected chi connectivity index (χ4v) is 2.70. The van der Waals surface area contributed by atoms with E-state index in [0.717, 1.165) is 30.2 Å². The summed E-state index contributed by atoms with van der Waals surface area (Å²) >= 11 is 5.86. The van der Waals surface area contributed by atoms with Crippen LogP contribution in [0.15, 0.2) is 65.8 Å². The van der Waals surface area contributed by atoms with Gasteiger partial charge >= 0.3 is 0 Å². The molecule has 1 aliphatic rings. The van der Waals surface area contributed by atoms with Crippen molar-refractivity contribution in [2.24, 2.45) is 4.99 Å². The Labute approximate surface area is 146 Å². The van der Waals surface area contributed by atoms with Crippen molar-refractivity contribution < 1.29 is 9.13 Å². The first-order valence-corrected chi connectivity index (χ1v) is 8.18. The molecule has 0 radical (unpaired) electrons. The molecule has 0 bridgehead atoms. The molecule has 0 aliphatic carbocycles. The van der Waals surface area contributed by atoms with Crippen LogP contribution in [-0.2, 0) is 6.42 Å². The highest BCUT2D eigenvalue weighted by Crippen LogP contribution is 2.18. The number of amidine groups is 1. The van der Waals surface area contributed by atoms with E-state index in [9.17, 15) is 4.39 Å². The maximum atomic E-state index is 13.3. The largest absolute Gasteiger partial charge is 0.492 e. The topological polar surface area (TPSA) is 24.8 Å². The van der Waals surface area contributed by atoms with E-state index in [0.29, 0.717) is 13.0 Å². The van der Waals surface area contributed by atoms with E-state index in [1.807, 2.05) is 36.4 Å². The van der Waals surface area contributed by atoms with Crippen LogP contribution in [0.5, 0.6) is 5.75 Å². The van der Waals surface area contributed by atoms with Gasteiger partial charge in [0.1, 0.15) is 24.0 Å². The molecular formula is C19H18ClFN2O. The number of rotatable bonds is 6. The van der Waals surface area contributed by atoms with E-state index in [2.05, 4.69) is 9.89 Å². The Bertz CT molecular complexity index is 746. The minimum Gasteiger partial charge on any atom is -0.492 e. The molecule has 0 atom stereocenters. The Morgan fingerprint density at radius 2 is 2.00 bits per heavy atom. The smallest absolute Gasteiger partial charge is 0.141 e. The molecule has 3 rings (SSSR count). The predicted octanol–water partition coefficient (Wildman–Crippen LogP) is 4.33. The molecule has 2 aromatic carbocycles. The van der Waals surface area contributed by atoms with Crippen LogP contribution in [0.25, 0.3) is 0 Å². The number of halogens is 2. The van der Waals surface area contributed by atoms with Crippen LogP contribution in [0, 0.1) is 5.82 Å². The minimum absolute atomic E-state index is 0.137. The van der Waals surface area contributed by atoms with Crippen molar-refractivity contribution in [1.82, 2.24) is 4.90 Å². The van der Waals surface area contributed by atoms with Crippen LogP contribution in [0.2, 0.25) is 5.02 Å². The van der Waals surface area contributed by atoms with Gasteiger partial charge in [-0.1, -0.05) is 35.9 Å². The summed E-state index contributed by atoms with van der Waals surface area (Å²) < 4.78 is 19.0. The van der Waals surface area contributed by atoms with Gasteiger partial charge in [0.15, 0.2) is 0 Å². The molecule has 0 fully saturated rings. The molecule has 5 heteroatoms. The molecular weight excluding hydrogens is 327 g/mol. The van der Waals surface area contributed by atoms with Gasteiger partial charge in [-0.3, -0.25) is 0 Å². The van der Waals surface area contributed by atoms with Gasteiger partial charge in [-0.25, -0.2) is 9.38 Å². The number of hydrogen-bond acceptors (Lipinski definition) is 3. The monoisotopic (exact) mass is 344 g/mol. The number of para-hydroxylation sites is 1. The maximum Gasteiger partial charge on any atom is 0.141 e. The SMILES string of the molecule is Fc1ccc(CC2=NC=CCN2CCOc2ccccc2)cc1Cl. The Morgan fingerprint density at radius 1 is 1.17 bits per heavy atom. The fourth-order valence-electron chi connectivity index (χ4n) is 2.50. The van der Waals surface area contributed by atoms with Crippen LogP contribution >= 0.6 is 11.6 Å². The third kappa shape index (κ3) is 4.36. The van der Waals surface area contributed by atoms with Gasteiger partial charge in [0, 0.05) is 19.2 Å². The lowest BCUT2D eigenvalue weighted by Crippen LogP contribution is -2.37. The summed E-state index contributed by atoms with van der Waals surface area (Å²) in [7, 11) is 0. The van der Waals surface area contributed by atoms with Crippen molar-refractivity contribution in [3.8, 4) is 5.75 Å². The van der Waals surface area contributed by atoms with Crippen molar-refractivity contribution in [2.75, 3.05) is 19.7 Å². The Balaban J connectivity index is 1.59. The van der Waals surface area contributed by atoms with Crippen LogP contribution in [0.3, 0.4) is 0 Å². The Hall–Kier alpha value is -2.33. The van der Waals surface area contributed by atoms with Gasteiger partial charge < -0.3 is 9.64 Å². The van der Waals surface area contributed by atoms with Crippen molar-refractivity contribution in [3.05, 3.63) is 77.2 Å². The average Bonchev–Trinajstić information content (AvgIpc) is 2.61. The summed E-state index contributed by atoms with van der Waals surface area (Å²) in [5.41, 5.74) is 0.935. The third-order valence-corrected chi connectivity index (χ3v) is 4.03. The van der Waals surface area contributed by atoms with Crippen molar-refractivity contribution in [1.29, 1.82) is 0 Å². The molecule has 3 nitrogen and oxygen atoms in total. The summed E-state index contributed by atoms with van der Waals surface area (Å²) in [5.74, 6) is 1.38. The molecule has 2 aromatic rings. The second-order valence-corrected chi connectivity index (χ2v) is 5.87. The normalized spacial score (nSPS) is 13.8. The van der Waals surface area contributed by atoms with E-state index >= 15 is 0 Å². The molecule has 0 spiro atoms. The number of ether oxygens (including phenoxy) is 1. The summed E-state index contributed by atoms with van der Waals surface area (Å²) in [6.45, 7) is 2.08. The second-order valence-electron chi connectivity index (χ2n) is 5.46. The molecule has 0 N–H and O–H groups in total. The number of benzene rings is 2. The van der Waals surface area contributed by atoms with Crippen molar-refractivity contribution >= 4 is 17.4 Å². The molecule has 1 aliphatic heterocycles. The van der Waals surface area contributed by atoms with Gasteiger partial charge in [-0.15, -0.1) is 0 Å². The van der Waals surface area contributed by atoms with Crippen LogP contribution < -0.4 is 4.74 Å². The average molecular weight is 345 g/mol. The van der Waals surface area contributed by atoms with Gasteiger partial charge in [0.2, 0.25) is 0 Å². The zero-order chi connectivity index (χ0) is 16.8. The molecule has 1 heterocycles. The predicted molar refractivity (Wildman–Crippen MR) is 95.2 cm³/mol. The van der Waals surface area contributed by atoms with E-state index in [1.54, 1.807) is 18.3 Å². The zero-order valence-corrected chi connectivity index (χ0v) is 13.9. The van der Waals surface area contributed by atoms with Gasteiger partial charge in [0.05, 0.1) is 11.6 Å². The van der Waals surface area contributed by atoms with Crippen molar-refractivity contribution in [3.63, 3.8) is 0 Å². The van der Waals surface area contributed by atoms with Gasteiger partial charge in [-0.05, 0) is 35.9 Å². The van der Waals surface area contributed by atoms with Gasteiger partial charge in [0.25, 0.3) is 0 Å². The first-order chi connectivity index (χ1) is 11.7. The molecule has 0 saturated heterocycles. The molecule has 0 aromatic heterocycles. The van der Waals surface area contributed by atoms with Crippen LogP contribution in [-0.4, -0.2) is 30.4 Å². The number of hydrogen-bond donors (Lipinski definition) is 0. The lowest BCUT2D eigenvalue weighted by Gasteiger charge is -2.27. The first-order valence-electron chi connectivity index (χ1n) is 7.81. The minimum atomic E-state index is -0.404. The summed E-state index contributed by atoms with van der Waals surface area (Å²) in [4.78, 5) is 6.61. The Kier molecular flexibility index (Phi) is 5.49. The molecule has 24 heavy (non-hydrogen) atoms. The molecule has 0 unspecified atom stereocenters. The quantitative estimate of drug-likeness (QED) is 0.779.